The smallest absolute Gasteiger partial charge is 0.276 e. The first kappa shape index (κ1) is 45.8. The van der Waals surface area contributed by atoms with Crippen LogP contribution in [0.5, 0.6) is 5.75 Å². The van der Waals surface area contributed by atoms with Crippen LogP contribution in [0.3, 0.4) is 0 Å². The van der Waals surface area contributed by atoms with Crippen molar-refractivity contribution in [2.24, 2.45) is 11.8 Å². The van der Waals surface area contributed by atoms with Crippen molar-refractivity contribution < 1.29 is 32.9 Å². The van der Waals surface area contributed by atoms with Gasteiger partial charge in [-0.3, -0.25) is 19.3 Å². The number of ether oxygens (including phenoxy) is 3. The molecule has 4 saturated heterocycles. The number of H-pyrrole nitrogens is 2. The van der Waals surface area contributed by atoms with E-state index in [9.17, 15) is 23.2 Å². The summed E-state index contributed by atoms with van der Waals surface area (Å²) >= 11 is 0. The van der Waals surface area contributed by atoms with Crippen LogP contribution in [0.1, 0.15) is 108 Å². The van der Waals surface area contributed by atoms with E-state index in [-0.39, 0.29) is 52.8 Å². The summed E-state index contributed by atoms with van der Waals surface area (Å²) in [5.74, 6) is 4.58. The van der Waals surface area contributed by atoms with Gasteiger partial charge in [-0.1, -0.05) is 19.9 Å². The molecule has 0 saturated carbocycles. The molecule has 0 radical (unpaired) electrons. The number of aromatic amines is 2. The van der Waals surface area contributed by atoms with Gasteiger partial charge >= 0.3 is 0 Å². The van der Waals surface area contributed by atoms with E-state index in [0.717, 1.165) is 82.1 Å². The van der Waals surface area contributed by atoms with Crippen molar-refractivity contribution in [3.05, 3.63) is 121 Å². The van der Waals surface area contributed by atoms with E-state index in [1.165, 1.54) is 18.2 Å². The number of imidazole rings is 2. The van der Waals surface area contributed by atoms with Crippen LogP contribution >= 0.6 is 0 Å². The van der Waals surface area contributed by atoms with Crippen molar-refractivity contribution >= 4 is 17.3 Å². The van der Waals surface area contributed by atoms with Gasteiger partial charge in [0.1, 0.15) is 40.7 Å². The second-order valence-corrected chi connectivity index (χ2v) is 17.4. The maximum absolute atomic E-state index is 14.3. The summed E-state index contributed by atoms with van der Waals surface area (Å²) in [6.07, 6.45) is 7.29. The Hall–Kier alpha value is -5.73. The summed E-state index contributed by atoms with van der Waals surface area (Å²) in [5, 5.41) is 21.5. The molecule has 4 atom stereocenters. The third-order valence-electron chi connectivity index (χ3n) is 13.0. The van der Waals surface area contributed by atoms with E-state index in [1.54, 1.807) is 40.7 Å². The summed E-state index contributed by atoms with van der Waals surface area (Å²) < 4.78 is 46.5. The van der Waals surface area contributed by atoms with E-state index in [2.05, 4.69) is 44.0 Å². The number of benzene rings is 2. The van der Waals surface area contributed by atoms with Crippen LogP contribution in [-0.4, -0.2) is 115 Å². The highest BCUT2D eigenvalue weighted by Crippen LogP contribution is 2.33. The second-order valence-electron chi connectivity index (χ2n) is 17.4. The number of likely N-dealkylation sites (tertiary alicyclic amines) is 1. The SMILES string of the molecule is CC1CNCC1c1nn2c(C3CCOCC3)ncc2c(=O)[nH]1.COc1ccc(F)c(CN2CC(C)C(c3nn4c(C5CCOCC5)ncc4c(=O)[nH]3)C2)c1.O=Cc1cc(CO)ccc1F. The minimum atomic E-state index is -0.558. The van der Waals surface area contributed by atoms with E-state index in [0.29, 0.717) is 78.2 Å². The highest BCUT2D eigenvalue weighted by atomic mass is 19.1. The van der Waals surface area contributed by atoms with Crippen molar-refractivity contribution in [3.8, 4) is 5.75 Å². The highest BCUT2D eigenvalue weighted by Gasteiger charge is 2.34. The molecule has 6 aromatic rings. The topological polar surface area (TPSA) is 206 Å². The largest absolute Gasteiger partial charge is 0.497 e. The van der Waals surface area contributed by atoms with Crippen molar-refractivity contribution in [1.82, 2.24) is 49.4 Å². The number of nitrogens with zero attached hydrogens (tertiary/aromatic N) is 7. The number of aliphatic hydroxyl groups is 1. The zero-order valence-corrected chi connectivity index (χ0v) is 36.8. The lowest BCUT2D eigenvalue weighted by Crippen LogP contribution is -2.24. The van der Waals surface area contributed by atoms with Crippen LogP contribution in [0.2, 0.25) is 0 Å². The Morgan fingerprint density at radius 1 is 0.785 bits per heavy atom. The predicted octanol–water partition coefficient (Wildman–Crippen LogP) is 4.46. The summed E-state index contributed by atoms with van der Waals surface area (Å²) in [6.45, 7) is 10.8. The fraction of sp³-hybridized carbons (Fsp3) is 0.500. The minimum absolute atomic E-state index is 0.0171. The molecule has 4 fully saturated rings. The van der Waals surface area contributed by atoms with Gasteiger partial charge < -0.3 is 34.6 Å². The molecule has 17 nitrogen and oxygen atoms in total. The van der Waals surface area contributed by atoms with Crippen LogP contribution in [-0.2, 0) is 22.6 Å². The standard InChI is InChI=1S/C23H28FN5O3.C15H21N5O2.C8H7FO2/c1-14-11-28(12-16-9-17(31-2)3-4-19(16)24)13-18(14)21-26-23(30)20-10-25-22(29(20)27-21)15-5-7-32-8-6-15;1-9-6-16-7-11(9)13-18-15(21)12-8-17-14(20(12)19-13)10-2-4-22-5-3-10;9-8-2-1-6(4-10)3-7(8)5-11/h3-4,9-10,14-15,18H,5-8,11-13H2,1-2H3,(H,26,27,30);8-11,16H,2-7H2,1H3,(H,18,19,21);1-3,5,10H,4H2. The Morgan fingerprint density at radius 2 is 1.37 bits per heavy atom. The number of rotatable bonds is 9. The van der Waals surface area contributed by atoms with E-state index >= 15 is 0 Å². The molecule has 8 heterocycles. The van der Waals surface area contributed by atoms with Gasteiger partial charge in [-0.2, -0.15) is 10.2 Å². The van der Waals surface area contributed by atoms with Crippen LogP contribution < -0.4 is 21.2 Å². The monoisotopic (exact) mass is 898 g/mol. The Balaban J connectivity index is 0.000000150. The maximum atomic E-state index is 14.3. The number of nitrogens with one attached hydrogen (secondary N) is 3. The first-order chi connectivity index (χ1) is 31.5. The number of hydrogen-bond acceptors (Lipinski definition) is 13. The molecule has 0 amide bonds. The van der Waals surface area contributed by atoms with Crippen molar-refractivity contribution in [2.75, 3.05) is 59.7 Å². The summed E-state index contributed by atoms with van der Waals surface area (Å²) in [7, 11) is 1.58. The number of aliphatic hydroxyl groups excluding tert-OH is 1. The molecule has 346 valence electrons. The molecular weight excluding hydrogens is 843 g/mol. The summed E-state index contributed by atoms with van der Waals surface area (Å²) in [4.78, 5) is 52.4. The number of hydrogen-bond donors (Lipinski definition) is 4. The molecule has 10 rings (SSSR count). The quantitative estimate of drug-likeness (QED) is 0.148. The maximum Gasteiger partial charge on any atom is 0.276 e. The van der Waals surface area contributed by atoms with Gasteiger partial charge in [0.15, 0.2) is 17.3 Å². The van der Waals surface area contributed by atoms with Gasteiger partial charge in [0, 0.05) is 81.8 Å². The van der Waals surface area contributed by atoms with Gasteiger partial charge in [-0.25, -0.2) is 27.8 Å². The molecule has 65 heavy (non-hydrogen) atoms. The number of carbonyl (C=O) groups excluding carboxylic acids is 1. The summed E-state index contributed by atoms with van der Waals surface area (Å²) in [5.41, 5.74) is 1.84. The minimum Gasteiger partial charge on any atom is -0.497 e. The third kappa shape index (κ3) is 10.2. The number of halogens is 2. The second kappa shape index (κ2) is 20.6. The van der Waals surface area contributed by atoms with Crippen LogP contribution in [0, 0.1) is 23.5 Å². The van der Waals surface area contributed by atoms with Crippen LogP contribution in [0.4, 0.5) is 8.78 Å². The van der Waals surface area contributed by atoms with Crippen molar-refractivity contribution in [1.29, 1.82) is 0 Å². The lowest BCUT2D eigenvalue weighted by atomic mass is 9.97. The molecule has 4 N–H and O–H groups in total. The molecule has 2 aromatic carbocycles. The van der Waals surface area contributed by atoms with E-state index in [1.807, 2.05) is 0 Å². The fourth-order valence-corrected chi connectivity index (χ4v) is 9.22. The summed E-state index contributed by atoms with van der Waals surface area (Å²) in [6, 6.07) is 8.72. The van der Waals surface area contributed by atoms with Crippen molar-refractivity contribution in [3.63, 3.8) is 0 Å². The molecule has 0 bridgehead atoms. The average molecular weight is 899 g/mol. The Bertz CT molecular complexity index is 2710. The lowest BCUT2D eigenvalue weighted by molar-refractivity contribution is 0.0831. The number of fused-ring (bicyclic) bond motifs is 2. The van der Waals surface area contributed by atoms with Gasteiger partial charge in [0.2, 0.25) is 0 Å². The Labute approximate surface area is 373 Å². The highest BCUT2D eigenvalue weighted by molar-refractivity contribution is 5.75. The first-order valence-electron chi connectivity index (χ1n) is 22.3. The van der Waals surface area contributed by atoms with E-state index < -0.39 is 5.82 Å². The molecule has 4 aliphatic heterocycles. The molecule has 0 spiro atoms. The lowest BCUT2D eigenvalue weighted by Gasteiger charge is -2.21. The first-order valence-corrected chi connectivity index (χ1v) is 22.3. The Kier molecular flexibility index (Phi) is 14.5. The van der Waals surface area contributed by atoms with Gasteiger partial charge in [-0.15, -0.1) is 0 Å². The number of methoxy groups -OCH3 is 1. The predicted molar refractivity (Wildman–Crippen MR) is 235 cm³/mol. The number of aromatic nitrogens is 8. The molecule has 4 aromatic heterocycles. The number of carbonyl (C=O) groups is 1. The third-order valence-corrected chi connectivity index (χ3v) is 13.0. The number of aldehydes is 1. The average Bonchev–Trinajstić information content (AvgIpc) is 4.15. The van der Waals surface area contributed by atoms with Gasteiger partial charge in [0.05, 0.1) is 31.7 Å². The normalized spacial score (nSPS) is 21.8. The molecule has 19 heteroatoms. The van der Waals surface area contributed by atoms with Crippen molar-refractivity contribution in [2.45, 2.75) is 76.4 Å². The molecule has 4 aliphatic rings. The molecule has 4 unspecified atom stereocenters. The zero-order chi connectivity index (χ0) is 45.6. The zero-order valence-electron chi connectivity index (χ0n) is 36.8. The Morgan fingerprint density at radius 3 is 1.91 bits per heavy atom. The van der Waals surface area contributed by atoms with E-state index in [4.69, 9.17) is 29.5 Å². The molecular formula is C46H56F2N10O7. The van der Waals surface area contributed by atoms with Crippen LogP contribution in [0.25, 0.3) is 11.0 Å². The fourth-order valence-electron chi connectivity index (χ4n) is 9.22. The van der Waals surface area contributed by atoms with Gasteiger partial charge in [-0.05, 0) is 80.0 Å². The van der Waals surface area contributed by atoms with Gasteiger partial charge in [0.25, 0.3) is 11.1 Å². The molecule has 0 aliphatic carbocycles. The van der Waals surface area contributed by atoms with Crippen LogP contribution in [0.15, 0.2) is 58.4 Å².